The second-order valence-corrected chi connectivity index (χ2v) is 12.7. The first-order chi connectivity index (χ1) is 21.8. The van der Waals surface area contributed by atoms with Gasteiger partial charge >= 0.3 is 35.8 Å². The van der Waals surface area contributed by atoms with Crippen molar-refractivity contribution < 1.29 is 48.1 Å². The van der Waals surface area contributed by atoms with Crippen molar-refractivity contribution in [1.29, 1.82) is 0 Å². The van der Waals surface area contributed by atoms with Crippen molar-refractivity contribution in [3.63, 3.8) is 0 Å². The Labute approximate surface area is 277 Å². The van der Waals surface area contributed by atoms with E-state index in [1.807, 2.05) is 0 Å². The summed E-state index contributed by atoms with van der Waals surface area (Å²) in [7, 11) is 0. The molecule has 0 saturated heterocycles. The SMILES string of the molecule is CCCCCCCCC(C(=O)OC(C)=O)C(O)(C(=O)OC(C)=O)C(CCCCCCCC)(CCCCCCCC)C(=O)OC(C)=O. The third-order valence-electron chi connectivity index (χ3n) is 8.70. The molecule has 0 aliphatic carbocycles. The van der Waals surface area contributed by atoms with Crippen LogP contribution in [0.25, 0.3) is 0 Å². The monoisotopic (exact) mass is 654 g/mol. The van der Waals surface area contributed by atoms with Crippen LogP contribution in [0.3, 0.4) is 0 Å². The molecule has 0 amide bonds. The van der Waals surface area contributed by atoms with Gasteiger partial charge in [-0.1, -0.05) is 136 Å². The van der Waals surface area contributed by atoms with Gasteiger partial charge in [0.2, 0.25) is 0 Å². The third-order valence-corrected chi connectivity index (χ3v) is 8.70. The van der Waals surface area contributed by atoms with Crippen molar-refractivity contribution in [2.75, 3.05) is 0 Å². The number of aliphatic hydroxyl groups is 1. The van der Waals surface area contributed by atoms with Crippen molar-refractivity contribution in [3.8, 4) is 0 Å². The number of esters is 6. The Bertz CT molecular complexity index is 927. The van der Waals surface area contributed by atoms with Gasteiger partial charge in [0.15, 0.2) is 5.60 Å². The van der Waals surface area contributed by atoms with Gasteiger partial charge in [0.25, 0.3) is 0 Å². The first-order valence-electron chi connectivity index (χ1n) is 17.7. The Kier molecular flexibility index (Phi) is 23.1. The minimum Gasteiger partial charge on any atom is -0.393 e. The van der Waals surface area contributed by atoms with E-state index in [-0.39, 0.29) is 19.3 Å². The van der Waals surface area contributed by atoms with E-state index in [0.29, 0.717) is 38.5 Å². The maximum atomic E-state index is 14.1. The second-order valence-electron chi connectivity index (χ2n) is 12.7. The molecule has 0 rings (SSSR count). The maximum Gasteiger partial charge on any atom is 0.347 e. The fourth-order valence-electron chi connectivity index (χ4n) is 6.23. The molecule has 0 aliphatic heterocycles. The van der Waals surface area contributed by atoms with Crippen LogP contribution in [0.15, 0.2) is 0 Å². The van der Waals surface area contributed by atoms with E-state index in [1.54, 1.807) is 0 Å². The Morgan fingerprint density at radius 3 is 1.24 bits per heavy atom. The van der Waals surface area contributed by atoms with Crippen molar-refractivity contribution in [2.24, 2.45) is 11.3 Å². The fourth-order valence-corrected chi connectivity index (χ4v) is 6.23. The van der Waals surface area contributed by atoms with Crippen LogP contribution < -0.4 is 0 Å². The molecule has 0 heterocycles. The molecule has 0 aromatic carbocycles. The van der Waals surface area contributed by atoms with Gasteiger partial charge in [-0.25, -0.2) is 4.79 Å². The highest BCUT2D eigenvalue weighted by molar-refractivity contribution is 6.01. The molecule has 0 saturated carbocycles. The van der Waals surface area contributed by atoms with Crippen LogP contribution in [0.5, 0.6) is 0 Å². The van der Waals surface area contributed by atoms with E-state index < -0.39 is 52.7 Å². The first kappa shape index (κ1) is 43.4. The third kappa shape index (κ3) is 15.3. The smallest absolute Gasteiger partial charge is 0.347 e. The van der Waals surface area contributed by atoms with E-state index in [9.17, 15) is 33.9 Å². The van der Waals surface area contributed by atoms with E-state index in [0.717, 1.165) is 97.8 Å². The number of unbranched alkanes of at least 4 members (excludes halogenated alkanes) is 15. The summed E-state index contributed by atoms with van der Waals surface area (Å²) in [6.07, 6.45) is 14.3. The van der Waals surface area contributed by atoms with E-state index in [4.69, 9.17) is 14.2 Å². The fraction of sp³-hybridized carbons (Fsp3) is 0.833. The molecule has 0 aliphatic rings. The zero-order chi connectivity index (χ0) is 35.0. The molecular formula is C36H62O10. The van der Waals surface area contributed by atoms with Crippen LogP contribution in [0.2, 0.25) is 0 Å². The minimum atomic E-state index is -2.96. The molecule has 266 valence electrons. The normalized spacial score (nSPS) is 13.4. The molecule has 0 aromatic heterocycles. The summed E-state index contributed by atoms with van der Waals surface area (Å²) < 4.78 is 15.1. The van der Waals surface area contributed by atoms with Crippen LogP contribution >= 0.6 is 0 Å². The molecule has 0 fully saturated rings. The van der Waals surface area contributed by atoms with Gasteiger partial charge < -0.3 is 19.3 Å². The average Bonchev–Trinajstić information content (AvgIpc) is 2.97. The summed E-state index contributed by atoms with van der Waals surface area (Å²) in [6, 6.07) is 0. The standard InChI is InChI=1S/C36H62O10/c1-7-10-13-16-19-22-25-31(32(40)44-28(4)37)36(43,34(42)46-30(6)39)35(33(41)45-29(5)38,26-23-20-17-14-11-8-2)27-24-21-18-15-12-9-3/h31,43H,7-27H2,1-6H3. The van der Waals surface area contributed by atoms with Crippen LogP contribution in [-0.2, 0) is 43.0 Å². The molecule has 10 heteroatoms. The molecule has 0 spiro atoms. The number of hydrogen-bond donors (Lipinski definition) is 1. The highest BCUT2D eigenvalue weighted by atomic mass is 16.6. The van der Waals surface area contributed by atoms with Gasteiger partial charge in [-0.05, 0) is 19.3 Å². The van der Waals surface area contributed by atoms with Crippen LogP contribution in [0, 0.1) is 11.3 Å². The maximum absolute atomic E-state index is 14.1. The molecule has 0 bridgehead atoms. The molecule has 1 N–H and O–H groups in total. The molecule has 0 radical (unpaired) electrons. The predicted octanol–water partition coefficient (Wildman–Crippen LogP) is 7.84. The van der Waals surface area contributed by atoms with Crippen LogP contribution in [0.1, 0.15) is 176 Å². The molecule has 10 nitrogen and oxygen atoms in total. The van der Waals surface area contributed by atoms with Crippen molar-refractivity contribution in [3.05, 3.63) is 0 Å². The average molecular weight is 655 g/mol. The Morgan fingerprint density at radius 2 is 0.848 bits per heavy atom. The quantitative estimate of drug-likeness (QED) is 0.0423. The number of carbonyl (C=O) groups is 6. The lowest BCUT2D eigenvalue weighted by atomic mass is 9.59. The molecule has 46 heavy (non-hydrogen) atoms. The first-order valence-corrected chi connectivity index (χ1v) is 17.7. The number of carbonyl (C=O) groups excluding carboxylic acids is 6. The Balaban J connectivity index is 7.16. The highest BCUT2D eigenvalue weighted by Crippen LogP contribution is 2.50. The predicted molar refractivity (Wildman–Crippen MR) is 175 cm³/mol. The summed E-state index contributed by atoms with van der Waals surface area (Å²) >= 11 is 0. The summed E-state index contributed by atoms with van der Waals surface area (Å²) in [5.74, 6) is -8.54. The van der Waals surface area contributed by atoms with Crippen molar-refractivity contribution >= 4 is 35.8 Å². The summed E-state index contributed by atoms with van der Waals surface area (Å²) in [6.45, 7) is 9.32. The highest BCUT2D eigenvalue weighted by Gasteiger charge is 2.67. The van der Waals surface area contributed by atoms with E-state index in [1.165, 1.54) is 0 Å². The summed E-state index contributed by atoms with van der Waals surface area (Å²) in [5, 5.41) is 12.7. The van der Waals surface area contributed by atoms with Crippen molar-refractivity contribution in [2.45, 2.75) is 182 Å². The lowest BCUT2D eigenvalue weighted by molar-refractivity contribution is -0.215. The van der Waals surface area contributed by atoms with Gasteiger partial charge in [0.05, 0.1) is 5.92 Å². The largest absolute Gasteiger partial charge is 0.393 e. The van der Waals surface area contributed by atoms with Gasteiger partial charge in [0, 0.05) is 20.8 Å². The number of ether oxygens (including phenoxy) is 3. The zero-order valence-corrected chi connectivity index (χ0v) is 29.5. The van der Waals surface area contributed by atoms with Crippen LogP contribution in [-0.4, -0.2) is 46.5 Å². The molecular weight excluding hydrogens is 592 g/mol. The zero-order valence-electron chi connectivity index (χ0n) is 29.5. The minimum absolute atomic E-state index is 0.107. The van der Waals surface area contributed by atoms with Gasteiger partial charge in [0.1, 0.15) is 5.41 Å². The van der Waals surface area contributed by atoms with E-state index >= 15 is 0 Å². The molecule has 0 aromatic rings. The Morgan fingerprint density at radius 1 is 0.500 bits per heavy atom. The summed E-state index contributed by atoms with van der Waals surface area (Å²) in [5.41, 5.74) is -5.10. The lowest BCUT2D eigenvalue weighted by Gasteiger charge is -2.46. The van der Waals surface area contributed by atoms with E-state index in [2.05, 4.69) is 20.8 Å². The van der Waals surface area contributed by atoms with Crippen molar-refractivity contribution in [1.82, 2.24) is 0 Å². The molecule has 2 unspecified atom stereocenters. The van der Waals surface area contributed by atoms with Gasteiger partial charge in [-0.3, -0.25) is 24.0 Å². The molecule has 2 atom stereocenters. The van der Waals surface area contributed by atoms with Crippen LogP contribution in [0.4, 0.5) is 0 Å². The topological polar surface area (TPSA) is 150 Å². The Hall–Kier alpha value is -2.62. The van der Waals surface area contributed by atoms with Gasteiger partial charge in [-0.15, -0.1) is 0 Å². The number of rotatable bonds is 26. The second kappa shape index (κ2) is 24.5. The number of hydrogen-bond acceptors (Lipinski definition) is 10. The lowest BCUT2D eigenvalue weighted by Crippen LogP contribution is -2.65. The summed E-state index contributed by atoms with van der Waals surface area (Å²) in [4.78, 5) is 78.0. The van der Waals surface area contributed by atoms with Gasteiger partial charge in [-0.2, -0.15) is 0 Å².